The van der Waals surface area contributed by atoms with Crippen LogP contribution in [0.15, 0.2) is 0 Å². The molecular weight excluding hydrogens is 134 g/mol. The van der Waals surface area contributed by atoms with Crippen molar-refractivity contribution in [3.05, 3.63) is 0 Å². The molecule has 0 N–H and O–H groups in total. The average molecular weight is 141 g/mol. The molecule has 1 rings (SSSR count). The van der Waals surface area contributed by atoms with Crippen LogP contribution in [0, 0.1) is 0 Å². The van der Waals surface area contributed by atoms with Gasteiger partial charge in [-0.25, -0.2) is 0 Å². The maximum absolute atomic E-state index is 10.7. The van der Waals surface area contributed by atoms with E-state index in [1.165, 1.54) is 6.92 Å². The van der Waals surface area contributed by atoms with Gasteiger partial charge in [0, 0.05) is 6.92 Å². The SMILES string of the molecule is CC(=O)N1CC(=O)CC1=O. The Kier molecular flexibility index (Phi) is 1.53. The van der Waals surface area contributed by atoms with Gasteiger partial charge >= 0.3 is 0 Å². The smallest absolute Gasteiger partial charge is 0.237 e. The summed E-state index contributed by atoms with van der Waals surface area (Å²) >= 11 is 0. The molecule has 1 aliphatic rings. The van der Waals surface area contributed by atoms with Crippen LogP contribution in [0.2, 0.25) is 0 Å². The van der Waals surface area contributed by atoms with Crippen molar-refractivity contribution in [2.75, 3.05) is 6.54 Å². The first-order valence-corrected chi connectivity index (χ1v) is 2.94. The van der Waals surface area contributed by atoms with E-state index in [2.05, 4.69) is 0 Å². The van der Waals surface area contributed by atoms with Crippen LogP contribution >= 0.6 is 0 Å². The molecular formula is C6H7NO3. The highest BCUT2D eigenvalue weighted by Gasteiger charge is 2.29. The number of rotatable bonds is 0. The lowest BCUT2D eigenvalue weighted by Gasteiger charge is -2.06. The Bertz CT molecular complexity index is 209. The second-order valence-corrected chi connectivity index (χ2v) is 2.21. The Balaban J connectivity index is 2.72. The van der Waals surface area contributed by atoms with Crippen LogP contribution in [0.3, 0.4) is 0 Å². The Morgan fingerprint density at radius 3 is 2.30 bits per heavy atom. The van der Waals surface area contributed by atoms with E-state index >= 15 is 0 Å². The molecule has 0 bridgehead atoms. The molecule has 0 aromatic carbocycles. The minimum absolute atomic E-state index is 0.0336. The van der Waals surface area contributed by atoms with Crippen molar-refractivity contribution in [2.45, 2.75) is 13.3 Å². The number of amides is 2. The molecule has 0 radical (unpaired) electrons. The van der Waals surface area contributed by atoms with E-state index in [0.717, 1.165) is 4.90 Å². The van der Waals surface area contributed by atoms with Crippen molar-refractivity contribution in [2.24, 2.45) is 0 Å². The fourth-order valence-corrected chi connectivity index (χ4v) is 0.871. The summed E-state index contributed by atoms with van der Waals surface area (Å²) in [5.74, 6) is -0.909. The highest BCUT2D eigenvalue weighted by molar-refractivity contribution is 6.12. The van der Waals surface area contributed by atoms with Crippen molar-refractivity contribution in [3.8, 4) is 0 Å². The fourth-order valence-electron chi connectivity index (χ4n) is 0.871. The van der Waals surface area contributed by atoms with E-state index in [1.807, 2.05) is 0 Å². The maximum atomic E-state index is 10.7. The quantitative estimate of drug-likeness (QED) is 0.420. The molecule has 1 fully saturated rings. The number of Topliss-reactive ketones (excluding diaryl/α,β-unsaturated/α-hetero) is 1. The highest BCUT2D eigenvalue weighted by Crippen LogP contribution is 2.05. The molecule has 2 amide bonds. The van der Waals surface area contributed by atoms with Gasteiger partial charge < -0.3 is 0 Å². The molecule has 0 aromatic rings. The molecule has 1 saturated heterocycles. The van der Waals surface area contributed by atoms with E-state index in [4.69, 9.17) is 0 Å². The van der Waals surface area contributed by atoms with E-state index in [1.54, 1.807) is 0 Å². The van der Waals surface area contributed by atoms with Crippen molar-refractivity contribution in [1.82, 2.24) is 4.90 Å². The topological polar surface area (TPSA) is 54.5 Å². The third-order valence-corrected chi connectivity index (χ3v) is 1.36. The summed E-state index contributed by atoms with van der Waals surface area (Å²) in [7, 11) is 0. The van der Waals surface area contributed by atoms with Crippen molar-refractivity contribution in [1.29, 1.82) is 0 Å². The lowest BCUT2D eigenvalue weighted by Crippen LogP contribution is -2.29. The van der Waals surface area contributed by atoms with Gasteiger partial charge in [-0.2, -0.15) is 0 Å². The molecule has 0 spiro atoms. The van der Waals surface area contributed by atoms with E-state index in [9.17, 15) is 14.4 Å². The third kappa shape index (κ3) is 1.05. The van der Waals surface area contributed by atoms with Crippen molar-refractivity contribution >= 4 is 17.6 Å². The lowest BCUT2D eigenvalue weighted by atomic mass is 10.3. The standard InChI is InChI=1S/C6H7NO3/c1-4(8)7-3-5(9)2-6(7)10/h2-3H2,1H3. The molecule has 0 saturated carbocycles. The lowest BCUT2D eigenvalue weighted by molar-refractivity contribution is -0.140. The van der Waals surface area contributed by atoms with Crippen LogP contribution in [-0.4, -0.2) is 29.0 Å². The molecule has 0 aliphatic carbocycles. The summed E-state index contributed by atoms with van der Waals surface area (Å²) in [6, 6.07) is 0. The van der Waals surface area contributed by atoms with Gasteiger partial charge in [-0.1, -0.05) is 0 Å². The molecule has 0 atom stereocenters. The largest absolute Gasteiger partial charge is 0.297 e. The molecule has 1 heterocycles. The monoisotopic (exact) mass is 141 g/mol. The van der Waals surface area contributed by atoms with Crippen LogP contribution in [-0.2, 0) is 14.4 Å². The molecule has 10 heavy (non-hydrogen) atoms. The second-order valence-electron chi connectivity index (χ2n) is 2.21. The highest BCUT2D eigenvalue weighted by atomic mass is 16.2. The Labute approximate surface area is 57.8 Å². The van der Waals surface area contributed by atoms with E-state index in [0.29, 0.717) is 0 Å². The van der Waals surface area contributed by atoms with Crippen molar-refractivity contribution < 1.29 is 14.4 Å². The Hall–Kier alpha value is -1.19. The van der Waals surface area contributed by atoms with Gasteiger partial charge in [-0.05, 0) is 0 Å². The van der Waals surface area contributed by atoms with Crippen LogP contribution < -0.4 is 0 Å². The fraction of sp³-hybridized carbons (Fsp3) is 0.500. The minimum atomic E-state index is -0.377. The number of imide groups is 1. The molecule has 4 nitrogen and oxygen atoms in total. The summed E-state index contributed by atoms with van der Waals surface area (Å²) in [6.07, 6.45) is -0.112. The van der Waals surface area contributed by atoms with Gasteiger partial charge in [0.15, 0.2) is 5.78 Å². The maximum Gasteiger partial charge on any atom is 0.237 e. The molecule has 1 aliphatic heterocycles. The number of hydrogen-bond donors (Lipinski definition) is 0. The number of carbonyl (C=O) groups is 3. The number of likely N-dealkylation sites (tertiary alicyclic amines) is 1. The predicted molar refractivity (Wildman–Crippen MR) is 32.0 cm³/mol. The first-order chi connectivity index (χ1) is 4.61. The zero-order valence-corrected chi connectivity index (χ0v) is 5.59. The second kappa shape index (κ2) is 2.21. The van der Waals surface area contributed by atoms with Crippen LogP contribution in [0.5, 0.6) is 0 Å². The normalized spacial score (nSPS) is 18.3. The predicted octanol–water partition coefficient (Wildman–Crippen LogP) is -0.666. The van der Waals surface area contributed by atoms with Gasteiger partial charge in [0.2, 0.25) is 11.8 Å². The average Bonchev–Trinajstić information content (AvgIpc) is 2.10. The van der Waals surface area contributed by atoms with E-state index < -0.39 is 0 Å². The molecule has 0 unspecified atom stereocenters. The van der Waals surface area contributed by atoms with Gasteiger partial charge in [0.1, 0.15) is 0 Å². The zero-order valence-electron chi connectivity index (χ0n) is 5.59. The molecule has 0 aromatic heterocycles. The van der Waals surface area contributed by atoms with Gasteiger partial charge in [-0.15, -0.1) is 0 Å². The first kappa shape index (κ1) is 6.92. The zero-order chi connectivity index (χ0) is 7.72. The summed E-state index contributed by atoms with van der Waals surface area (Å²) in [5.41, 5.74) is 0. The summed E-state index contributed by atoms with van der Waals surface area (Å²) < 4.78 is 0. The van der Waals surface area contributed by atoms with Crippen LogP contribution in [0.25, 0.3) is 0 Å². The van der Waals surface area contributed by atoms with Gasteiger partial charge in [0.25, 0.3) is 0 Å². The summed E-state index contributed by atoms with van der Waals surface area (Å²) in [5, 5.41) is 0. The summed E-state index contributed by atoms with van der Waals surface area (Å²) in [6.45, 7) is 1.24. The van der Waals surface area contributed by atoms with Gasteiger partial charge in [-0.3, -0.25) is 19.3 Å². The van der Waals surface area contributed by atoms with Crippen LogP contribution in [0.1, 0.15) is 13.3 Å². The first-order valence-electron chi connectivity index (χ1n) is 2.94. The third-order valence-electron chi connectivity index (χ3n) is 1.36. The minimum Gasteiger partial charge on any atom is -0.297 e. The Morgan fingerprint density at radius 1 is 1.50 bits per heavy atom. The number of carbonyl (C=O) groups excluding carboxylic acids is 3. The number of hydrogen-bond acceptors (Lipinski definition) is 3. The Morgan fingerprint density at radius 2 is 2.10 bits per heavy atom. The molecule has 54 valence electrons. The number of nitrogens with zero attached hydrogens (tertiary/aromatic N) is 1. The number of ketones is 1. The van der Waals surface area contributed by atoms with E-state index in [-0.39, 0.29) is 30.6 Å². The van der Waals surface area contributed by atoms with Crippen molar-refractivity contribution in [3.63, 3.8) is 0 Å². The summed E-state index contributed by atoms with van der Waals surface area (Å²) in [4.78, 5) is 32.8. The molecule has 4 heteroatoms. The van der Waals surface area contributed by atoms with Gasteiger partial charge in [0.05, 0.1) is 13.0 Å². The van der Waals surface area contributed by atoms with Crippen LogP contribution in [0.4, 0.5) is 0 Å².